The van der Waals surface area contributed by atoms with Crippen molar-refractivity contribution < 1.29 is 22.7 Å². The van der Waals surface area contributed by atoms with Crippen LogP contribution >= 0.6 is 15.9 Å². The predicted octanol–water partition coefficient (Wildman–Crippen LogP) is 3.35. The number of carbonyl (C=O) groups is 1. The fraction of sp³-hybridized carbons (Fsp3) is 0.316. The summed E-state index contributed by atoms with van der Waals surface area (Å²) in [6, 6.07) is 10.2. The third-order valence-electron chi connectivity index (χ3n) is 4.28. The largest absolute Gasteiger partial charge is 0.493 e. The van der Waals surface area contributed by atoms with Crippen LogP contribution in [-0.4, -0.2) is 41.8 Å². The highest BCUT2D eigenvalue weighted by molar-refractivity contribution is 9.10. The summed E-state index contributed by atoms with van der Waals surface area (Å²) in [6.45, 7) is 1.85. The normalized spacial score (nSPS) is 12.2. The van der Waals surface area contributed by atoms with Gasteiger partial charge in [0.25, 0.3) is 5.91 Å². The number of hydrogen-bond donors (Lipinski definition) is 1. The maximum atomic E-state index is 13.0. The Hall–Kier alpha value is -2.26. The number of nitrogens with zero attached hydrogens (tertiary/aromatic N) is 1. The molecule has 0 saturated heterocycles. The maximum absolute atomic E-state index is 13.0. The Labute approximate surface area is 173 Å². The molecule has 0 bridgehead atoms. The van der Waals surface area contributed by atoms with Crippen molar-refractivity contribution in [3.63, 3.8) is 0 Å². The van der Waals surface area contributed by atoms with Crippen molar-refractivity contribution in [3.05, 3.63) is 52.0 Å². The fourth-order valence-electron chi connectivity index (χ4n) is 2.62. The summed E-state index contributed by atoms with van der Waals surface area (Å²) in [4.78, 5) is 13.0. The van der Waals surface area contributed by atoms with E-state index in [0.29, 0.717) is 11.5 Å². The van der Waals surface area contributed by atoms with Crippen LogP contribution in [0.2, 0.25) is 0 Å². The van der Waals surface area contributed by atoms with E-state index in [1.165, 1.54) is 33.4 Å². The number of hydrogen-bond acceptors (Lipinski definition) is 5. The van der Waals surface area contributed by atoms with Gasteiger partial charge in [-0.2, -0.15) is 0 Å². The molecule has 0 spiro atoms. The number of carbonyl (C=O) groups excluding carboxylic acids is 1. The standard InChI is InChI=1S/C19H23BrN2O5S/c1-12(13-7-6-8-14(20)9-13)21-19(23)15-10-17(26-3)18(27-4)11-16(15)22(2)28(5,24)25/h6-12H,1-5H3,(H,21,23)/t12-/m0/s1. The fourth-order valence-corrected chi connectivity index (χ4v) is 3.55. The Bertz CT molecular complexity index is 978. The molecule has 7 nitrogen and oxygen atoms in total. The van der Waals surface area contributed by atoms with Gasteiger partial charge in [0.1, 0.15) is 0 Å². The molecule has 0 aromatic heterocycles. The van der Waals surface area contributed by atoms with Crippen LogP contribution in [0, 0.1) is 0 Å². The quantitative estimate of drug-likeness (QED) is 0.670. The molecule has 2 rings (SSSR count). The summed E-state index contributed by atoms with van der Waals surface area (Å²) in [7, 11) is 0.678. The molecule has 0 heterocycles. The van der Waals surface area contributed by atoms with E-state index in [-0.39, 0.29) is 17.3 Å². The van der Waals surface area contributed by atoms with E-state index in [2.05, 4.69) is 21.2 Å². The van der Waals surface area contributed by atoms with E-state index in [1.807, 2.05) is 31.2 Å². The number of anilines is 1. The molecule has 152 valence electrons. The van der Waals surface area contributed by atoms with E-state index in [1.54, 1.807) is 0 Å². The molecule has 0 aliphatic heterocycles. The highest BCUT2D eigenvalue weighted by Crippen LogP contribution is 2.36. The van der Waals surface area contributed by atoms with Crippen molar-refractivity contribution in [2.45, 2.75) is 13.0 Å². The van der Waals surface area contributed by atoms with Crippen LogP contribution in [0.4, 0.5) is 5.69 Å². The smallest absolute Gasteiger partial charge is 0.254 e. The van der Waals surface area contributed by atoms with Gasteiger partial charge in [-0.05, 0) is 30.7 Å². The van der Waals surface area contributed by atoms with Crippen molar-refractivity contribution in [1.29, 1.82) is 0 Å². The van der Waals surface area contributed by atoms with Crippen LogP contribution in [0.5, 0.6) is 11.5 Å². The summed E-state index contributed by atoms with van der Waals surface area (Å²) in [5.41, 5.74) is 1.26. The van der Waals surface area contributed by atoms with Gasteiger partial charge >= 0.3 is 0 Å². The molecular weight excluding hydrogens is 448 g/mol. The Kier molecular flexibility index (Phi) is 6.95. The van der Waals surface area contributed by atoms with Gasteiger partial charge in [0.2, 0.25) is 10.0 Å². The number of halogens is 1. The van der Waals surface area contributed by atoms with E-state index >= 15 is 0 Å². The first-order chi connectivity index (χ1) is 13.1. The Morgan fingerprint density at radius 3 is 2.29 bits per heavy atom. The molecule has 0 unspecified atom stereocenters. The number of ether oxygens (including phenoxy) is 2. The van der Waals surface area contributed by atoms with Crippen molar-refractivity contribution in [3.8, 4) is 11.5 Å². The van der Waals surface area contributed by atoms with Crippen LogP contribution in [0.15, 0.2) is 40.9 Å². The van der Waals surface area contributed by atoms with E-state index in [0.717, 1.165) is 20.6 Å². The Balaban J connectivity index is 2.48. The molecular formula is C19H23BrN2O5S. The van der Waals surface area contributed by atoms with Crippen molar-refractivity contribution in [2.24, 2.45) is 0 Å². The third kappa shape index (κ3) is 4.96. The predicted molar refractivity (Wildman–Crippen MR) is 113 cm³/mol. The maximum Gasteiger partial charge on any atom is 0.254 e. The van der Waals surface area contributed by atoms with Crippen molar-refractivity contribution in [2.75, 3.05) is 31.8 Å². The van der Waals surface area contributed by atoms with E-state index in [9.17, 15) is 13.2 Å². The molecule has 1 amide bonds. The molecule has 28 heavy (non-hydrogen) atoms. The summed E-state index contributed by atoms with van der Waals surface area (Å²) in [5, 5.41) is 2.90. The third-order valence-corrected chi connectivity index (χ3v) is 5.96. The first kappa shape index (κ1) is 22.0. The number of nitrogens with one attached hydrogen (secondary N) is 1. The van der Waals surface area contributed by atoms with Crippen molar-refractivity contribution >= 4 is 37.5 Å². The van der Waals surface area contributed by atoms with Crippen LogP contribution in [0.3, 0.4) is 0 Å². The molecule has 9 heteroatoms. The number of methoxy groups -OCH3 is 2. The molecule has 1 N–H and O–H groups in total. The molecule has 0 fully saturated rings. The minimum Gasteiger partial charge on any atom is -0.493 e. The molecule has 2 aromatic rings. The molecule has 0 radical (unpaired) electrons. The number of amides is 1. The lowest BCUT2D eigenvalue weighted by atomic mass is 10.1. The average molecular weight is 471 g/mol. The summed E-state index contributed by atoms with van der Waals surface area (Å²) >= 11 is 3.41. The Morgan fingerprint density at radius 1 is 1.14 bits per heavy atom. The second-order valence-electron chi connectivity index (χ2n) is 6.20. The van der Waals surface area contributed by atoms with E-state index in [4.69, 9.17) is 9.47 Å². The molecule has 0 aliphatic carbocycles. The molecule has 1 atom stereocenters. The molecule has 0 aliphatic rings. The second-order valence-corrected chi connectivity index (χ2v) is 9.13. The number of benzene rings is 2. The lowest BCUT2D eigenvalue weighted by Gasteiger charge is -2.23. The van der Waals surface area contributed by atoms with Crippen LogP contribution < -0.4 is 19.1 Å². The second kappa shape index (κ2) is 8.83. The van der Waals surface area contributed by atoms with E-state index < -0.39 is 15.9 Å². The van der Waals surface area contributed by atoms with Crippen molar-refractivity contribution in [1.82, 2.24) is 5.32 Å². The van der Waals surface area contributed by atoms with Gasteiger partial charge in [0.15, 0.2) is 11.5 Å². The average Bonchev–Trinajstić information content (AvgIpc) is 2.65. The number of rotatable bonds is 7. The zero-order valence-electron chi connectivity index (χ0n) is 16.3. The van der Waals surface area contributed by atoms with Crippen LogP contribution in [0.1, 0.15) is 28.9 Å². The summed E-state index contributed by atoms with van der Waals surface area (Å²) in [5.74, 6) is 0.219. The minimum atomic E-state index is -3.59. The van der Waals surface area contributed by atoms with Gasteiger partial charge < -0.3 is 14.8 Å². The first-order valence-corrected chi connectivity index (χ1v) is 11.0. The van der Waals surface area contributed by atoms with Gasteiger partial charge in [-0.25, -0.2) is 8.42 Å². The zero-order valence-corrected chi connectivity index (χ0v) is 18.7. The van der Waals surface area contributed by atoms with Gasteiger partial charge in [0, 0.05) is 17.6 Å². The minimum absolute atomic E-state index is 0.160. The topological polar surface area (TPSA) is 84.9 Å². The van der Waals surface area contributed by atoms with Gasteiger partial charge in [-0.1, -0.05) is 28.1 Å². The lowest BCUT2D eigenvalue weighted by molar-refractivity contribution is 0.0940. The summed E-state index contributed by atoms with van der Waals surface area (Å²) < 4.78 is 36.6. The van der Waals surface area contributed by atoms with Gasteiger partial charge in [-0.15, -0.1) is 0 Å². The van der Waals surface area contributed by atoms with Crippen LogP contribution in [0.25, 0.3) is 0 Å². The Morgan fingerprint density at radius 2 is 1.75 bits per heavy atom. The van der Waals surface area contributed by atoms with Crippen LogP contribution in [-0.2, 0) is 10.0 Å². The summed E-state index contributed by atoms with van der Waals surface area (Å²) in [6.07, 6.45) is 1.06. The molecule has 0 saturated carbocycles. The van der Waals surface area contributed by atoms with Gasteiger partial charge in [-0.3, -0.25) is 9.10 Å². The molecule has 2 aromatic carbocycles. The zero-order chi connectivity index (χ0) is 21.1. The monoisotopic (exact) mass is 470 g/mol. The van der Waals surface area contributed by atoms with Gasteiger partial charge in [0.05, 0.1) is 37.8 Å². The SMILES string of the molecule is COc1cc(C(=O)N[C@@H](C)c2cccc(Br)c2)c(N(C)S(C)(=O)=O)cc1OC. The highest BCUT2D eigenvalue weighted by atomic mass is 79.9. The highest BCUT2D eigenvalue weighted by Gasteiger charge is 2.24. The lowest BCUT2D eigenvalue weighted by Crippen LogP contribution is -2.31. The first-order valence-electron chi connectivity index (χ1n) is 8.34. The number of sulfonamides is 1.